The molecule has 0 bridgehead atoms. The summed E-state index contributed by atoms with van der Waals surface area (Å²) in [4.78, 5) is 21.2. The summed E-state index contributed by atoms with van der Waals surface area (Å²) in [6, 6.07) is 4.59. The fraction of sp³-hybridized carbons (Fsp3) is 0.667. The van der Waals surface area contributed by atoms with Gasteiger partial charge < -0.3 is 5.32 Å². The zero-order chi connectivity index (χ0) is 16.1. The monoisotopic (exact) mass is 316 g/mol. The van der Waals surface area contributed by atoms with Gasteiger partial charge in [0.15, 0.2) is 0 Å². The molecule has 1 saturated carbocycles. The van der Waals surface area contributed by atoms with Crippen LogP contribution in [0.4, 0.5) is 0 Å². The van der Waals surface area contributed by atoms with Crippen LogP contribution in [-0.4, -0.2) is 59.5 Å². The Kier molecular flexibility index (Phi) is 5.62. The minimum absolute atomic E-state index is 0.202. The van der Waals surface area contributed by atoms with Gasteiger partial charge in [-0.15, -0.1) is 0 Å². The van der Waals surface area contributed by atoms with Gasteiger partial charge in [0.25, 0.3) is 0 Å². The number of nitrogens with one attached hydrogen (secondary N) is 1. The normalized spacial score (nSPS) is 20.7. The maximum atomic E-state index is 12.1. The van der Waals surface area contributed by atoms with Gasteiger partial charge in [-0.25, -0.2) is 0 Å². The molecular weight excluding hydrogens is 288 g/mol. The lowest BCUT2D eigenvalue weighted by Crippen LogP contribution is -2.50. The SMILES string of the molecule is Cc1ncccc1CN1CCN(CC(=O)NC2CCCC2)CC1. The molecule has 126 valence electrons. The summed E-state index contributed by atoms with van der Waals surface area (Å²) in [5.41, 5.74) is 2.42. The molecule has 5 nitrogen and oxygen atoms in total. The third kappa shape index (κ3) is 4.75. The Hall–Kier alpha value is -1.46. The lowest BCUT2D eigenvalue weighted by molar-refractivity contribution is -0.123. The quantitative estimate of drug-likeness (QED) is 0.896. The fourth-order valence-corrected chi connectivity index (χ4v) is 3.58. The summed E-state index contributed by atoms with van der Waals surface area (Å²) in [7, 11) is 0. The van der Waals surface area contributed by atoms with Crippen molar-refractivity contribution in [2.45, 2.75) is 45.2 Å². The zero-order valence-electron chi connectivity index (χ0n) is 14.1. The first kappa shape index (κ1) is 16.4. The van der Waals surface area contributed by atoms with E-state index in [1.54, 1.807) is 0 Å². The highest BCUT2D eigenvalue weighted by Crippen LogP contribution is 2.17. The van der Waals surface area contributed by atoms with Gasteiger partial charge in [-0.1, -0.05) is 18.9 Å². The number of rotatable bonds is 5. The molecule has 2 fully saturated rings. The lowest BCUT2D eigenvalue weighted by Gasteiger charge is -2.34. The summed E-state index contributed by atoms with van der Waals surface area (Å²) in [6.45, 7) is 7.56. The summed E-state index contributed by atoms with van der Waals surface area (Å²) in [5, 5.41) is 3.18. The minimum atomic E-state index is 0.202. The first-order chi connectivity index (χ1) is 11.2. The van der Waals surface area contributed by atoms with Crippen LogP contribution in [0.25, 0.3) is 0 Å². The third-order valence-corrected chi connectivity index (χ3v) is 5.06. The molecule has 0 unspecified atom stereocenters. The molecule has 1 N–H and O–H groups in total. The molecule has 1 aliphatic heterocycles. The van der Waals surface area contributed by atoms with E-state index in [1.807, 2.05) is 12.3 Å². The Labute approximate surface area is 139 Å². The topological polar surface area (TPSA) is 48.5 Å². The molecule has 2 heterocycles. The van der Waals surface area contributed by atoms with Gasteiger partial charge in [0.2, 0.25) is 5.91 Å². The van der Waals surface area contributed by atoms with Crippen molar-refractivity contribution in [3.8, 4) is 0 Å². The molecule has 0 aromatic carbocycles. The van der Waals surface area contributed by atoms with Crippen LogP contribution < -0.4 is 5.32 Å². The molecule has 1 amide bonds. The van der Waals surface area contributed by atoms with Gasteiger partial charge in [0.1, 0.15) is 0 Å². The fourth-order valence-electron chi connectivity index (χ4n) is 3.58. The van der Waals surface area contributed by atoms with Crippen molar-refractivity contribution in [2.24, 2.45) is 0 Å². The van der Waals surface area contributed by atoms with Gasteiger partial charge >= 0.3 is 0 Å². The third-order valence-electron chi connectivity index (χ3n) is 5.06. The Morgan fingerprint density at radius 1 is 1.22 bits per heavy atom. The van der Waals surface area contributed by atoms with Crippen molar-refractivity contribution >= 4 is 5.91 Å². The van der Waals surface area contributed by atoms with E-state index in [0.29, 0.717) is 12.6 Å². The zero-order valence-corrected chi connectivity index (χ0v) is 14.1. The molecule has 1 aliphatic carbocycles. The van der Waals surface area contributed by atoms with Crippen molar-refractivity contribution in [1.82, 2.24) is 20.1 Å². The number of aryl methyl sites for hydroxylation is 1. The summed E-state index contributed by atoms with van der Waals surface area (Å²) >= 11 is 0. The lowest BCUT2D eigenvalue weighted by atomic mass is 10.2. The van der Waals surface area contributed by atoms with Crippen LogP contribution >= 0.6 is 0 Å². The van der Waals surface area contributed by atoms with E-state index in [1.165, 1.54) is 18.4 Å². The second kappa shape index (κ2) is 7.88. The van der Waals surface area contributed by atoms with E-state index in [-0.39, 0.29) is 5.91 Å². The predicted octanol–water partition coefficient (Wildman–Crippen LogP) is 1.57. The number of piperazine rings is 1. The number of carbonyl (C=O) groups excluding carboxylic acids is 1. The highest BCUT2D eigenvalue weighted by Gasteiger charge is 2.22. The molecule has 1 aromatic heterocycles. The molecule has 23 heavy (non-hydrogen) atoms. The van der Waals surface area contributed by atoms with E-state index in [0.717, 1.165) is 51.3 Å². The standard InChI is InChI=1S/C18H28N4O/c1-15-16(5-4-8-19-15)13-21-9-11-22(12-10-21)14-18(23)20-17-6-2-3-7-17/h4-5,8,17H,2-3,6-7,9-14H2,1H3,(H,20,23). The Morgan fingerprint density at radius 3 is 2.61 bits per heavy atom. The van der Waals surface area contributed by atoms with E-state index in [2.05, 4.69) is 33.1 Å². The highest BCUT2D eigenvalue weighted by atomic mass is 16.2. The van der Waals surface area contributed by atoms with Gasteiger partial charge in [-0.3, -0.25) is 19.6 Å². The molecule has 0 spiro atoms. The summed E-state index contributed by atoms with van der Waals surface area (Å²) in [6.07, 6.45) is 6.68. The van der Waals surface area contributed by atoms with Crippen LogP contribution in [0.15, 0.2) is 18.3 Å². The van der Waals surface area contributed by atoms with Gasteiger partial charge in [0, 0.05) is 50.7 Å². The Balaban J connectivity index is 1.40. The van der Waals surface area contributed by atoms with Crippen molar-refractivity contribution in [3.05, 3.63) is 29.6 Å². The molecule has 2 aliphatic rings. The molecule has 0 atom stereocenters. The van der Waals surface area contributed by atoms with Gasteiger partial charge in [0.05, 0.1) is 6.54 Å². The van der Waals surface area contributed by atoms with Crippen molar-refractivity contribution < 1.29 is 4.79 Å². The van der Waals surface area contributed by atoms with Crippen LogP contribution in [0, 0.1) is 6.92 Å². The van der Waals surface area contributed by atoms with Crippen LogP contribution in [0.3, 0.4) is 0 Å². The van der Waals surface area contributed by atoms with Crippen molar-refractivity contribution in [2.75, 3.05) is 32.7 Å². The van der Waals surface area contributed by atoms with Crippen molar-refractivity contribution in [3.63, 3.8) is 0 Å². The number of pyridine rings is 1. The second-order valence-electron chi connectivity index (χ2n) is 6.85. The molecule has 1 aromatic rings. The van der Waals surface area contributed by atoms with Crippen molar-refractivity contribution in [1.29, 1.82) is 0 Å². The van der Waals surface area contributed by atoms with Crippen LogP contribution in [-0.2, 0) is 11.3 Å². The minimum Gasteiger partial charge on any atom is -0.352 e. The number of hydrogen-bond donors (Lipinski definition) is 1. The largest absolute Gasteiger partial charge is 0.352 e. The van der Waals surface area contributed by atoms with Crippen LogP contribution in [0.1, 0.15) is 36.9 Å². The predicted molar refractivity (Wildman–Crippen MR) is 91.1 cm³/mol. The number of amides is 1. The van der Waals surface area contributed by atoms with Gasteiger partial charge in [-0.05, 0) is 31.4 Å². The number of carbonyl (C=O) groups is 1. The van der Waals surface area contributed by atoms with E-state index in [9.17, 15) is 4.79 Å². The average molecular weight is 316 g/mol. The summed E-state index contributed by atoms with van der Waals surface area (Å²) in [5.74, 6) is 0.202. The number of nitrogens with zero attached hydrogens (tertiary/aromatic N) is 3. The maximum absolute atomic E-state index is 12.1. The van der Waals surface area contributed by atoms with E-state index < -0.39 is 0 Å². The number of aromatic nitrogens is 1. The Bertz CT molecular complexity index is 520. The highest BCUT2D eigenvalue weighted by molar-refractivity contribution is 5.78. The Morgan fingerprint density at radius 2 is 1.91 bits per heavy atom. The van der Waals surface area contributed by atoms with E-state index >= 15 is 0 Å². The first-order valence-electron chi connectivity index (χ1n) is 8.85. The molecule has 0 radical (unpaired) electrons. The molecule has 3 rings (SSSR count). The molecule has 1 saturated heterocycles. The first-order valence-corrected chi connectivity index (χ1v) is 8.85. The summed E-state index contributed by atoms with van der Waals surface area (Å²) < 4.78 is 0. The van der Waals surface area contributed by atoms with Gasteiger partial charge in [-0.2, -0.15) is 0 Å². The molecular formula is C18H28N4O. The van der Waals surface area contributed by atoms with Crippen LogP contribution in [0.5, 0.6) is 0 Å². The van der Waals surface area contributed by atoms with E-state index in [4.69, 9.17) is 0 Å². The molecule has 5 heteroatoms. The average Bonchev–Trinajstić information content (AvgIpc) is 3.04. The second-order valence-corrected chi connectivity index (χ2v) is 6.85. The maximum Gasteiger partial charge on any atom is 0.234 e. The van der Waals surface area contributed by atoms with Crippen LogP contribution in [0.2, 0.25) is 0 Å². The number of hydrogen-bond acceptors (Lipinski definition) is 4. The smallest absolute Gasteiger partial charge is 0.234 e.